The maximum atomic E-state index is 12.0. The van der Waals surface area contributed by atoms with Crippen LogP contribution < -0.4 is 11.1 Å². The first-order chi connectivity index (χ1) is 10.1. The monoisotopic (exact) mass is 307 g/mol. The molecule has 5 nitrogen and oxygen atoms in total. The molecular formula is C15H21N3O2S. The first-order valence-corrected chi connectivity index (χ1v) is 7.56. The molecule has 1 aliphatic rings. The number of nitrogens with zero attached hydrogens (tertiary/aromatic N) is 1. The van der Waals surface area contributed by atoms with Crippen LogP contribution in [0.25, 0.3) is 0 Å². The zero-order chi connectivity index (χ0) is 15.1. The number of rotatable bonds is 5. The Labute approximate surface area is 130 Å². The summed E-state index contributed by atoms with van der Waals surface area (Å²) in [5, 5.41) is 2.88. The second-order valence-corrected chi connectivity index (χ2v) is 5.49. The van der Waals surface area contributed by atoms with Crippen LogP contribution in [0.4, 0.5) is 5.69 Å². The predicted octanol–water partition coefficient (Wildman–Crippen LogP) is 1.37. The van der Waals surface area contributed by atoms with Gasteiger partial charge in [0.15, 0.2) is 0 Å². The molecule has 1 aliphatic heterocycles. The van der Waals surface area contributed by atoms with Crippen LogP contribution in [-0.4, -0.2) is 48.6 Å². The van der Waals surface area contributed by atoms with Crippen molar-refractivity contribution in [2.24, 2.45) is 5.73 Å². The molecule has 1 fully saturated rings. The summed E-state index contributed by atoms with van der Waals surface area (Å²) in [6.07, 6.45) is 1.49. The molecule has 0 aliphatic carbocycles. The Morgan fingerprint density at radius 1 is 1.38 bits per heavy atom. The van der Waals surface area contributed by atoms with Gasteiger partial charge in [0.25, 0.3) is 0 Å². The van der Waals surface area contributed by atoms with Crippen LogP contribution in [0.15, 0.2) is 24.3 Å². The number of carbonyl (C=O) groups excluding carboxylic acids is 1. The van der Waals surface area contributed by atoms with E-state index in [0.29, 0.717) is 11.4 Å². The highest BCUT2D eigenvalue weighted by Gasteiger charge is 2.11. The van der Waals surface area contributed by atoms with E-state index in [1.165, 1.54) is 0 Å². The molecule has 0 aromatic heterocycles. The van der Waals surface area contributed by atoms with Gasteiger partial charge in [-0.05, 0) is 18.6 Å². The number of benzene rings is 1. The molecule has 1 saturated heterocycles. The van der Waals surface area contributed by atoms with Gasteiger partial charge in [-0.15, -0.1) is 0 Å². The van der Waals surface area contributed by atoms with E-state index >= 15 is 0 Å². The fraction of sp³-hybridized carbons (Fsp3) is 0.467. The lowest BCUT2D eigenvalue weighted by atomic mass is 10.2. The summed E-state index contributed by atoms with van der Waals surface area (Å²) in [5.41, 5.74) is 7.07. The molecule has 21 heavy (non-hydrogen) atoms. The first kappa shape index (κ1) is 15.9. The fourth-order valence-electron chi connectivity index (χ4n) is 2.25. The second kappa shape index (κ2) is 8.07. The Morgan fingerprint density at radius 2 is 2.24 bits per heavy atom. The van der Waals surface area contributed by atoms with Gasteiger partial charge in [0.2, 0.25) is 5.91 Å². The van der Waals surface area contributed by atoms with Gasteiger partial charge >= 0.3 is 0 Å². The molecule has 0 unspecified atom stereocenters. The van der Waals surface area contributed by atoms with Crippen molar-refractivity contribution in [1.82, 2.24) is 4.90 Å². The van der Waals surface area contributed by atoms with Crippen LogP contribution in [0, 0.1) is 0 Å². The summed E-state index contributed by atoms with van der Waals surface area (Å²) in [6, 6.07) is 7.28. The molecule has 3 N–H and O–H groups in total. The van der Waals surface area contributed by atoms with Crippen LogP contribution >= 0.6 is 12.2 Å². The SMILES string of the molecule is NC(=S)c1cccc(NC(=O)CCN2CCCOCC2)c1. The van der Waals surface area contributed by atoms with E-state index in [0.717, 1.165) is 50.5 Å². The van der Waals surface area contributed by atoms with Gasteiger partial charge in [-0.1, -0.05) is 24.4 Å². The molecule has 1 aromatic rings. The summed E-state index contributed by atoms with van der Waals surface area (Å²) in [5.74, 6) is 0.000236. The van der Waals surface area contributed by atoms with Crippen molar-refractivity contribution in [1.29, 1.82) is 0 Å². The molecule has 0 bridgehead atoms. The lowest BCUT2D eigenvalue weighted by Crippen LogP contribution is -2.30. The van der Waals surface area contributed by atoms with E-state index < -0.39 is 0 Å². The van der Waals surface area contributed by atoms with Gasteiger partial charge in [0.1, 0.15) is 4.99 Å². The van der Waals surface area contributed by atoms with Crippen molar-refractivity contribution < 1.29 is 9.53 Å². The minimum absolute atomic E-state index is 0.000236. The Hall–Kier alpha value is -1.50. The van der Waals surface area contributed by atoms with Gasteiger partial charge < -0.3 is 20.7 Å². The molecule has 6 heteroatoms. The minimum atomic E-state index is 0.000236. The van der Waals surface area contributed by atoms with E-state index in [4.69, 9.17) is 22.7 Å². The zero-order valence-electron chi connectivity index (χ0n) is 12.0. The lowest BCUT2D eigenvalue weighted by Gasteiger charge is -2.18. The first-order valence-electron chi connectivity index (χ1n) is 7.15. The molecule has 2 rings (SSSR count). The average molecular weight is 307 g/mol. The van der Waals surface area contributed by atoms with Crippen LogP contribution in [0.2, 0.25) is 0 Å². The molecular weight excluding hydrogens is 286 g/mol. The lowest BCUT2D eigenvalue weighted by molar-refractivity contribution is -0.116. The number of carbonyl (C=O) groups is 1. The van der Waals surface area contributed by atoms with Crippen molar-refractivity contribution in [3.63, 3.8) is 0 Å². The number of nitrogens with one attached hydrogen (secondary N) is 1. The van der Waals surface area contributed by atoms with E-state index in [2.05, 4.69) is 10.2 Å². The van der Waals surface area contributed by atoms with E-state index in [1.54, 1.807) is 6.07 Å². The Balaban J connectivity index is 1.81. The molecule has 1 heterocycles. The third kappa shape index (κ3) is 5.41. The summed E-state index contributed by atoms with van der Waals surface area (Å²) in [7, 11) is 0. The Morgan fingerprint density at radius 3 is 3.05 bits per heavy atom. The second-order valence-electron chi connectivity index (χ2n) is 5.05. The van der Waals surface area contributed by atoms with Crippen LogP contribution in [0.1, 0.15) is 18.4 Å². The largest absolute Gasteiger partial charge is 0.389 e. The standard InChI is InChI=1S/C15H21N3O2S/c16-15(21)12-3-1-4-13(11-12)17-14(19)5-7-18-6-2-9-20-10-8-18/h1,3-4,11H,2,5-10H2,(H2,16,21)(H,17,19). The van der Waals surface area contributed by atoms with Crippen molar-refractivity contribution in [3.05, 3.63) is 29.8 Å². The number of nitrogens with two attached hydrogens (primary N) is 1. The Bertz CT molecular complexity index is 499. The third-order valence-corrected chi connectivity index (χ3v) is 3.64. The van der Waals surface area contributed by atoms with Gasteiger partial charge in [-0.3, -0.25) is 4.79 Å². The molecule has 0 saturated carbocycles. The van der Waals surface area contributed by atoms with Crippen LogP contribution in [-0.2, 0) is 9.53 Å². The number of amides is 1. The normalized spacial score (nSPS) is 16.2. The highest BCUT2D eigenvalue weighted by molar-refractivity contribution is 7.80. The van der Waals surface area contributed by atoms with Crippen molar-refractivity contribution in [2.45, 2.75) is 12.8 Å². The number of thiocarbonyl (C=S) groups is 1. The van der Waals surface area contributed by atoms with Gasteiger partial charge in [-0.2, -0.15) is 0 Å². The number of anilines is 1. The summed E-state index contributed by atoms with van der Waals surface area (Å²) >= 11 is 4.93. The van der Waals surface area contributed by atoms with Crippen LogP contribution in [0.5, 0.6) is 0 Å². The quantitative estimate of drug-likeness (QED) is 0.804. The Kier molecular flexibility index (Phi) is 6.10. The van der Waals surface area contributed by atoms with E-state index in [1.807, 2.05) is 18.2 Å². The summed E-state index contributed by atoms with van der Waals surface area (Å²) < 4.78 is 5.40. The molecule has 114 valence electrons. The van der Waals surface area contributed by atoms with Gasteiger partial charge in [-0.25, -0.2) is 0 Å². The summed E-state index contributed by atoms with van der Waals surface area (Å²) in [6.45, 7) is 4.20. The van der Waals surface area contributed by atoms with E-state index in [9.17, 15) is 4.79 Å². The van der Waals surface area contributed by atoms with Crippen molar-refractivity contribution >= 4 is 28.8 Å². The van der Waals surface area contributed by atoms with E-state index in [-0.39, 0.29) is 5.91 Å². The maximum Gasteiger partial charge on any atom is 0.225 e. The van der Waals surface area contributed by atoms with Gasteiger partial charge in [0.05, 0.1) is 6.61 Å². The third-order valence-electron chi connectivity index (χ3n) is 3.40. The number of hydrogen-bond donors (Lipinski definition) is 2. The molecule has 1 aromatic carbocycles. The summed E-state index contributed by atoms with van der Waals surface area (Å²) in [4.78, 5) is 14.6. The van der Waals surface area contributed by atoms with Crippen molar-refractivity contribution in [2.75, 3.05) is 38.2 Å². The molecule has 0 radical (unpaired) electrons. The molecule has 0 atom stereocenters. The molecule has 0 spiro atoms. The minimum Gasteiger partial charge on any atom is -0.389 e. The zero-order valence-corrected chi connectivity index (χ0v) is 12.8. The fourth-order valence-corrected chi connectivity index (χ4v) is 2.38. The van der Waals surface area contributed by atoms with Crippen LogP contribution in [0.3, 0.4) is 0 Å². The highest BCUT2D eigenvalue weighted by Crippen LogP contribution is 2.11. The highest BCUT2D eigenvalue weighted by atomic mass is 32.1. The average Bonchev–Trinajstić information content (AvgIpc) is 2.74. The number of hydrogen-bond acceptors (Lipinski definition) is 4. The smallest absolute Gasteiger partial charge is 0.225 e. The predicted molar refractivity (Wildman–Crippen MR) is 87.5 cm³/mol. The molecule has 1 amide bonds. The number of ether oxygens (including phenoxy) is 1. The maximum absolute atomic E-state index is 12.0. The topological polar surface area (TPSA) is 67.6 Å². The van der Waals surface area contributed by atoms with Crippen molar-refractivity contribution in [3.8, 4) is 0 Å². The van der Waals surface area contributed by atoms with Gasteiger partial charge in [0, 0.05) is 43.9 Å².